The van der Waals surface area contributed by atoms with Crippen molar-refractivity contribution < 1.29 is 25.9 Å². The Labute approximate surface area is 158 Å². The van der Waals surface area contributed by atoms with E-state index in [1.807, 2.05) is 13.8 Å². The molecule has 150 valence electrons. The molecule has 1 aromatic rings. The number of aryl methyl sites for hydroxylation is 1. The second-order valence-electron chi connectivity index (χ2n) is 7.32. The van der Waals surface area contributed by atoms with Gasteiger partial charge in [0.1, 0.15) is 10.1 Å². The Morgan fingerprint density at radius 2 is 1.54 bits per heavy atom. The minimum Gasteiger partial charge on any atom is -0.744 e. The van der Waals surface area contributed by atoms with Crippen LogP contribution in [-0.2, 0) is 20.0 Å². The van der Waals surface area contributed by atoms with E-state index in [0.717, 1.165) is 36.0 Å². The van der Waals surface area contributed by atoms with Crippen molar-refractivity contribution >= 4 is 20.0 Å². The summed E-state index contributed by atoms with van der Waals surface area (Å²) < 4.78 is 55.6. The molecule has 26 heavy (non-hydrogen) atoms. The van der Waals surface area contributed by atoms with Gasteiger partial charge in [-0.05, 0) is 44.7 Å². The molecule has 0 unspecified atom stereocenters. The summed E-state index contributed by atoms with van der Waals surface area (Å²) in [4.78, 5) is -0.178. The molecular weight excluding hydrogens is 374 g/mol. The van der Waals surface area contributed by atoms with E-state index in [0.29, 0.717) is 11.6 Å². The van der Waals surface area contributed by atoms with Crippen molar-refractivity contribution in [3.8, 4) is 0 Å². The third-order valence-corrected chi connectivity index (χ3v) is 7.30. The predicted octanol–water partition coefficient (Wildman–Crippen LogP) is 2.69. The molecule has 0 aliphatic carbocycles. The number of hydrogen-bond donors (Lipinski definition) is 0. The van der Waals surface area contributed by atoms with E-state index in [1.165, 1.54) is 31.4 Å². The highest BCUT2D eigenvalue weighted by atomic mass is 32.2. The molecule has 1 aromatic carbocycles. The van der Waals surface area contributed by atoms with Gasteiger partial charge in [0.05, 0.1) is 30.8 Å². The van der Waals surface area contributed by atoms with Crippen LogP contribution in [0.4, 0.5) is 0 Å². The van der Waals surface area contributed by atoms with Gasteiger partial charge in [-0.25, -0.2) is 16.8 Å². The van der Waals surface area contributed by atoms with Crippen LogP contribution in [0.2, 0.25) is 0 Å². The van der Waals surface area contributed by atoms with E-state index in [1.54, 1.807) is 12.1 Å². The lowest BCUT2D eigenvalue weighted by Gasteiger charge is -2.37. The SMILES string of the molecule is CCCCS(=O)(=O)C[N+]1(C)CCCCC1.Cc1ccc(S(=O)(=O)[O-])cc1. The largest absolute Gasteiger partial charge is 0.744 e. The fraction of sp³-hybridized carbons (Fsp3) is 0.667. The zero-order valence-corrected chi connectivity index (χ0v) is 17.6. The number of piperidine rings is 1. The maximum absolute atomic E-state index is 11.8. The summed E-state index contributed by atoms with van der Waals surface area (Å²) in [5.74, 6) is 0.727. The second kappa shape index (κ2) is 9.82. The van der Waals surface area contributed by atoms with Crippen molar-refractivity contribution in [3.05, 3.63) is 29.8 Å². The molecule has 1 aliphatic heterocycles. The van der Waals surface area contributed by atoms with Crippen LogP contribution in [0.15, 0.2) is 29.2 Å². The smallest absolute Gasteiger partial charge is 0.200 e. The minimum atomic E-state index is -4.27. The van der Waals surface area contributed by atoms with Crippen molar-refractivity contribution in [1.82, 2.24) is 0 Å². The second-order valence-corrected chi connectivity index (χ2v) is 10.9. The van der Waals surface area contributed by atoms with Crippen LogP contribution in [0.3, 0.4) is 0 Å². The van der Waals surface area contributed by atoms with Crippen molar-refractivity contribution in [1.29, 1.82) is 0 Å². The lowest BCUT2D eigenvalue weighted by molar-refractivity contribution is -0.902. The summed E-state index contributed by atoms with van der Waals surface area (Å²) in [6, 6.07) is 5.78. The van der Waals surface area contributed by atoms with Crippen LogP contribution >= 0.6 is 0 Å². The fourth-order valence-corrected chi connectivity index (χ4v) is 5.55. The van der Waals surface area contributed by atoms with Crippen LogP contribution in [0.5, 0.6) is 0 Å². The van der Waals surface area contributed by atoms with Gasteiger partial charge in [-0.1, -0.05) is 31.0 Å². The van der Waals surface area contributed by atoms with Crippen molar-refractivity contribution in [2.24, 2.45) is 0 Å². The highest BCUT2D eigenvalue weighted by Crippen LogP contribution is 2.18. The zero-order valence-electron chi connectivity index (χ0n) is 16.0. The van der Waals surface area contributed by atoms with E-state index >= 15 is 0 Å². The molecule has 0 spiro atoms. The summed E-state index contributed by atoms with van der Waals surface area (Å²) >= 11 is 0. The Morgan fingerprint density at radius 3 is 2.00 bits per heavy atom. The third-order valence-electron chi connectivity index (χ3n) is 4.52. The molecule has 2 rings (SSSR count). The third kappa shape index (κ3) is 8.62. The Balaban J connectivity index is 0.000000273. The topological polar surface area (TPSA) is 91.3 Å². The first-order valence-corrected chi connectivity index (χ1v) is 12.3. The Bertz CT molecular complexity index is 749. The van der Waals surface area contributed by atoms with Crippen LogP contribution in [0, 0.1) is 6.92 Å². The normalized spacial score (nSPS) is 17.2. The Hall–Kier alpha value is -0.960. The average Bonchev–Trinajstić information content (AvgIpc) is 2.53. The number of benzene rings is 1. The molecule has 1 fully saturated rings. The van der Waals surface area contributed by atoms with Gasteiger partial charge in [0.2, 0.25) is 9.84 Å². The molecule has 1 saturated heterocycles. The van der Waals surface area contributed by atoms with Crippen molar-refractivity contribution in [2.45, 2.75) is 50.8 Å². The first-order chi connectivity index (χ1) is 12.0. The fourth-order valence-electron chi connectivity index (χ4n) is 3.01. The zero-order chi connectivity index (χ0) is 19.8. The monoisotopic (exact) mass is 405 g/mol. The van der Waals surface area contributed by atoms with E-state index in [9.17, 15) is 21.4 Å². The van der Waals surface area contributed by atoms with Gasteiger partial charge in [-0.3, -0.25) is 0 Å². The molecule has 0 amide bonds. The first kappa shape index (κ1) is 23.1. The number of rotatable bonds is 6. The van der Waals surface area contributed by atoms with Crippen molar-refractivity contribution in [3.63, 3.8) is 0 Å². The van der Waals surface area contributed by atoms with Crippen LogP contribution < -0.4 is 0 Å². The summed E-state index contributed by atoms with van der Waals surface area (Å²) in [7, 11) is -5.01. The van der Waals surface area contributed by atoms with E-state index in [4.69, 9.17) is 0 Å². The molecule has 0 radical (unpaired) electrons. The number of unbranched alkanes of at least 4 members (excludes halogenated alkanes) is 1. The van der Waals surface area contributed by atoms with Gasteiger partial charge >= 0.3 is 0 Å². The summed E-state index contributed by atoms with van der Waals surface area (Å²) in [6.45, 7) is 5.92. The molecule has 0 bridgehead atoms. The lowest BCUT2D eigenvalue weighted by atomic mass is 10.1. The Morgan fingerprint density at radius 1 is 1.00 bits per heavy atom. The number of quaternary nitrogens is 1. The maximum Gasteiger partial charge on any atom is 0.200 e. The molecule has 8 heteroatoms. The molecule has 0 aromatic heterocycles. The van der Waals surface area contributed by atoms with E-state index in [-0.39, 0.29) is 4.90 Å². The van der Waals surface area contributed by atoms with Gasteiger partial charge < -0.3 is 9.04 Å². The average molecular weight is 406 g/mol. The van der Waals surface area contributed by atoms with E-state index in [2.05, 4.69) is 7.05 Å². The molecular formula is C18H31NO5S2. The number of hydrogen-bond acceptors (Lipinski definition) is 5. The molecule has 0 saturated carbocycles. The van der Waals surface area contributed by atoms with Crippen LogP contribution in [0.1, 0.15) is 44.6 Å². The number of likely N-dealkylation sites (tertiary alicyclic amines) is 1. The molecule has 0 N–H and O–H groups in total. The number of nitrogens with zero attached hydrogens (tertiary/aromatic N) is 1. The maximum atomic E-state index is 11.8. The van der Waals surface area contributed by atoms with Gasteiger partial charge in [-0.15, -0.1) is 0 Å². The van der Waals surface area contributed by atoms with E-state index < -0.39 is 20.0 Å². The molecule has 0 atom stereocenters. The minimum absolute atomic E-state index is 0.178. The highest BCUT2D eigenvalue weighted by molar-refractivity contribution is 7.91. The van der Waals surface area contributed by atoms with Gasteiger partial charge in [-0.2, -0.15) is 0 Å². The van der Waals surface area contributed by atoms with Crippen molar-refractivity contribution in [2.75, 3.05) is 31.8 Å². The first-order valence-electron chi connectivity index (χ1n) is 9.04. The highest BCUT2D eigenvalue weighted by Gasteiger charge is 2.30. The lowest BCUT2D eigenvalue weighted by Crippen LogP contribution is -2.51. The van der Waals surface area contributed by atoms with Gasteiger partial charge in [0.15, 0.2) is 5.88 Å². The standard InChI is InChI=1S/C11H24NO2S.C7H8O3S/c1-3-4-10-15(13,14)11-12(2)8-6-5-7-9-12;1-6-2-4-7(5-3-6)11(8,9)10/h3-11H2,1-2H3;2-5H,1H3,(H,8,9,10)/q+1;/p-1. The Kier molecular flexibility index (Phi) is 8.72. The summed E-state index contributed by atoms with van der Waals surface area (Å²) in [6.07, 6.45) is 5.40. The van der Waals surface area contributed by atoms with Gasteiger partial charge in [0, 0.05) is 0 Å². The molecule has 1 heterocycles. The summed E-state index contributed by atoms with van der Waals surface area (Å²) in [5.41, 5.74) is 0.928. The van der Waals surface area contributed by atoms with Crippen LogP contribution in [-0.4, -0.2) is 57.6 Å². The quantitative estimate of drug-likeness (QED) is 0.536. The van der Waals surface area contributed by atoms with Gasteiger partial charge in [0.25, 0.3) is 0 Å². The van der Waals surface area contributed by atoms with Crippen LogP contribution in [0.25, 0.3) is 0 Å². The predicted molar refractivity (Wildman–Crippen MR) is 102 cm³/mol. The summed E-state index contributed by atoms with van der Waals surface area (Å²) in [5, 5.41) is 0. The number of sulfone groups is 1. The molecule has 1 aliphatic rings. The molecule has 6 nitrogen and oxygen atoms in total.